The van der Waals surface area contributed by atoms with Crippen LogP contribution in [0.3, 0.4) is 0 Å². The predicted molar refractivity (Wildman–Crippen MR) is 98.7 cm³/mol. The maximum absolute atomic E-state index is 12.6. The van der Waals surface area contributed by atoms with E-state index in [0.717, 1.165) is 22.9 Å². The molecule has 7 nitrogen and oxygen atoms in total. The van der Waals surface area contributed by atoms with Gasteiger partial charge in [0.05, 0.1) is 17.1 Å². The Morgan fingerprint density at radius 3 is 2.67 bits per heavy atom. The van der Waals surface area contributed by atoms with E-state index in [4.69, 9.17) is 9.15 Å². The van der Waals surface area contributed by atoms with Gasteiger partial charge in [0.25, 0.3) is 5.69 Å². The van der Waals surface area contributed by atoms with Crippen molar-refractivity contribution >= 4 is 22.3 Å². The number of hydrogen-bond donors (Lipinski definition) is 1. The molecule has 3 atom stereocenters. The van der Waals surface area contributed by atoms with Crippen molar-refractivity contribution in [3.8, 4) is 0 Å². The van der Waals surface area contributed by atoms with Crippen molar-refractivity contribution in [3.05, 3.63) is 80.2 Å². The minimum absolute atomic E-state index is 0.0414. The zero-order valence-electron chi connectivity index (χ0n) is 14.3. The number of nitro benzene ring substituents is 1. The zero-order chi connectivity index (χ0) is 18.5. The molecule has 1 aromatic heterocycles. The number of non-ortho nitro benzene ring substituents is 1. The molecule has 3 heterocycles. The molecule has 0 radical (unpaired) electrons. The van der Waals surface area contributed by atoms with Crippen molar-refractivity contribution in [3.63, 3.8) is 0 Å². The number of fused-ring (bicyclic) bond motifs is 5. The maximum Gasteiger partial charge on any atom is 0.360 e. The summed E-state index contributed by atoms with van der Waals surface area (Å²) in [5.74, 6) is 0.129. The first kappa shape index (κ1) is 16.0. The van der Waals surface area contributed by atoms with E-state index in [1.165, 1.54) is 12.1 Å². The van der Waals surface area contributed by atoms with E-state index in [0.29, 0.717) is 17.9 Å². The number of hydrogen-bond acceptors (Lipinski definition) is 6. The van der Waals surface area contributed by atoms with E-state index < -0.39 is 10.5 Å². The molecule has 2 aromatic carbocycles. The van der Waals surface area contributed by atoms with Crippen LogP contribution in [0.25, 0.3) is 11.0 Å². The van der Waals surface area contributed by atoms with E-state index in [2.05, 4.69) is 5.32 Å². The number of para-hydroxylation sites is 1. The summed E-state index contributed by atoms with van der Waals surface area (Å²) in [5.41, 5.74) is 2.32. The van der Waals surface area contributed by atoms with Crippen LogP contribution in [0, 0.1) is 16.0 Å². The van der Waals surface area contributed by atoms with Crippen molar-refractivity contribution in [2.75, 3.05) is 11.9 Å². The van der Waals surface area contributed by atoms with Gasteiger partial charge < -0.3 is 14.5 Å². The number of nitrogens with zero attached hydrogens (tertiary/aromatic N) is 1. The highest BCUT2D eigenvalue weighted by Crippen LogP contribution is 2.50. The molecule has 5 rings (SSSR count). The van der Waals surface area contributed by atoms with E-state index in [1.54, 1.807) is 18.2 Å². The normalized spacial score (nSPS) is 23.5. The number of benzene rings is 2. The minimum atomic E-state index is -0.426. The highest BCUT2D eigenvalue weighted by atomic mass is 16.6. The van der Waals surface area contributed by atoms with Crippen molar-refractivity contribution in [1.82, 2.24) is 0 Å². The predicted octanol–water partition coefficient (Wildman–Crippen LogP) is 3.95. The molecule has 0 bridgehead atoms. The molecule has 1 N–H and O–H groups in total. The Hall–Kier alpha value is -3.19. The van der Waals surface area contributed by atoms with Crippen LogP contribution in [0.2, 0.25) is 0 Å². The first-order valence-electron chi connectivity index (χ1n) is 8.82. The summed E-state index contributed by atoms with van der Waals surface area (Å²) >= 11 is 0. The highest BCUT2D eigenvalue weighted by Gasteiger charge is 2.43. The Labute approximate surface area is 153 Å². The summed E-state index contributed by atoms with van der Waals surface area (Å²) in [6.45, 7) is 0.606. The van der Waals surface area contributed by atoms with Crippen molar-refractivity contribution in [2.45, 2.75) is 18.6 Å². The topological polar surface area (TPSA) is 94.6 Å². The van der Waals surface area contributed by atoms with Gasteiger partial charge in [-0.05, 0) is 18.1 Å². The summed E-state index contributed by atoms with van der Waals surface area (Å²) in [7, 11) is 0. The van der Waals surface area contributed by atoms with Crippen molar-refractivity contribution in [2.24, 2.45) is 5.92 Å². The van der Waals surface area contributed by atoms with Gasteiger partial charge in [-0.2, -0.15) is 0 Å². The molecule has 27 heavy (non-hydrogen) atoms. The Kier molecular flexibility index (Phi) is 3.51. The molecule has 2 aliphatic heterocycles. The number of rotatable bonds is 2. The summed E-state index contributed by atoms with van der Waals surface area (Å²) in [4.78, 5) is 23.1. The third-order valence-electron chi connectivity index (χ3n) is 5.47. The molecule has 0 aliphatic carbocycles. The van der Waals surface area contributed by atoms with Gasteiger partial charge in [0.2, 0.25) is 0 Å². The Balaban J connectivity index is 1.65. The second-order valence-electron chi connectivity index (χ2n) is 6.89. The van der Waals surface area contributed by atoms with Crippen LogP contribution >= 0.6 is 0 Å². The molecular formula is C20H16N2O5. The maximum atomic E-state index is 12.6. The van der Waals surface area contributed by atoms with E-state index in [1.807, 2.05) is 18.2 Å². The largest absolute Gasteiger partial charge is 0.421 e. The number of anilines is 1. The van der Waals surface area contributed by atoms with Crippen LogP contribution in [0.4, 0.5) is 11.4 Å². The third-order valence-corrected chi connectivity index (χ3v) is 5.47. The van der Waals surface area contributed by atoms with Crippen LogP contribution in [0.15, 0.2) is 57.7 Å². The molecule has 0 spiro atoms. The lowest BCUT2D eigenvalue weighted by atomic mass is 9.80. The fraction of sp³-hybridized carbons (Fsp3) is 0.250. The van der Waals surface area contributed by atoms with Crippen LogP contribution in [-0.4, -0.2) is 11.5 Å². The molecule has 0 amide bonds. The molecule has 3 aromatic rings. The lowest BCUT2D eigenvalue weighted by Crippen LogP contribution is -2.32. The molecule has 136 valence electrons. The van der Waals surface area contributed by atoms with E-state index in [9.17, 15) is 14.9 Å². The summed E-state index contributed by atoms with van der Waals surface area (Å²) in [5, 5.41) is 15.1. The van der Waals surface area contributed by atoms with Crippen LogP contribution in [-0.2, 0) is 4.74 Å². The number of nitro groups is 1. The molecule has 1 fully saturated rings. The summed E-state index contributed by atoms with van der Waals surface area (Å²) in [6, 6.07) is 13.7. The molecule has 7 heteroatoms. The fourth-order valence-electron chi connectivity index (χ4n) is 4.25. The molecule has 1 saturated heterocycles. The fourth-order valence-corrected chi connectivity index (χ4v) is 4.25. The molecule has 0 saturated carbocycles. The zero-order valence-corrected chi connectivity index (χ0v) is 14.3. The molecule has 0 unspecified atom stereocenters. The van der Waals surface area contributed by atoms with Crippen molar-refractivity contribution in [1.29, 1.82) is 0 Å². The first-order valence-corrected chi connectivity index (χ1v) is 8.82. The smallest absolute Gasteiger partial charge is 0.360 e. The monoisotopic (exact) mass is 364 g/mol. The number of nitrogens with one attached hydrogen (secondary N) is 1. The van der Waals surface area contributed by atoms with Gasteiger partial charge in [0.15, 0.2) is 0 Å². The van der Waals surface area contributed by atoms with E-state index >= 15 is 0 Å². The lowest BCUT2D eigenvalue weighted by Gasteiger charge is -2.36. The van der Waals surface area contributed by atoms with Crippen LogP contribution in [0.1, 0.15) is 29.7 Å². The average Bonchev–Trinajstić information content (AvgIpc) is 3.17. The van der Waals surface area contributed by atoms with E-state index in [-0.39, 0.29) is 23.8 Å². The van der Waals surface area contributed by atoms with Crippen LogP contribution < -0.4 is 10.9 Å². The highest BCUT2D eigenvalue weighted by molar-refractivity contribution is 5.86. The Morgan fingerprint density at radius 1 is 1.11 bits per heavy atom. The second-order valence-corrected chi connectivity index (χ2v) is 6.89. The quantitative estimate of drug-likeness (QED) is 0.420. The van der Waals surface area contributed by atoms with Crippen LogP contribution in [0.5, 0.6) is 0 Å². The summed E-state index contributed by atoms with van der Waals surface area (Å²) < 4.78 is 11.5. The SMILES string of the molecule is O=c1oc2ccccc2c2c1N[C@H](c1ccc([N+](=O)[O-])cc1)[C@@H]1CCO[C@H]21. The average molecular weight is 364 g/mol. The van der Waals surface area contributed by atoms with Gasteiger partial charge in [-0.1, -0.05) is 30.3 Å². The van der Waals surface area contributed by atoms with Gasteiger partial charge in [-0.25, -0.2) is 4.79 Å². The Bertz CT molecular complexity index is 1110. The van der Waals surface area contributed by atoms with Gasteiger partial charge in [-0.3, -0.25) is 10.1 Å². The molecule has 2 aliphatic rings. The minimum Gasteiger partial charge on any atom is -0.421 e. The third kappa shape index (κ3) is 2.43. The number of ether oxygens (including phenoxy) is 1. The van der Waals surface area contributed by atoms with Gasteiger partial charge in [0, 0.05) is 35.6 Å². The Morgan fingerprint density at radius 2 is 1.89 bits per heavy atom. The van der Waals surface area contributed by atoms with Gasteiger partial charge in [-0.15, -0.1) is 0 Å². The van der Waals surface area contributed by atoms with Gasteiger partial charge >= 0.3 is 5.63 Å². The molecular weight excluding hydrogens is 348 g/mol. The lowest BCUT2D eigenvalue weighted by molar-refractivity contribution is -0.384. The van der Waals surface area contributed by atoms with Crippen molar-refractivity contribution < 1.29 is 14.1 Å². The summed E-state index contributed by atoms with van der Waals surface area (Å²) in [6.07, 6.45) is 0.628. The first-order chi connectivity index (χ1) is 13.1. The second kappa shape index (κ2) is 5.92. The standard InChI is InChI=1S/C20H16N2O5/c23-20-18-16(13-3-1-2-4-15(13)27-20)19-14(9-10-26-19)17(21-18)11-5-7-12(8-6-11)22(24)25/h1-8,14,17,19,21H,9-10H2/t14-,17+,19-/m0/s1. The van der Waals surface area contributed by atoms with Gasteiger partial charge in [0.1, 0.15) is 11.3 Å².